The molecule has 45 heavy (non-hydrogen) atoms. The predicted molar refractivity (Wildman–Crippen MR) is 166 cm³/mol. The molecule has 4 unspecified atom stereocenters. The Morgan fingerprint density at radius 3 is 1.87 bits per heavy atom. The van der Waals surface area contributed by atoms with Crippen molar-refractivity contribution in [1.29, 1.82) is 0 Å². The van der Waals surface area contributed by atoms with E-state index < -0.39 is 47.3 Å². The largest absolute Gasteiger partial charge is 0.493 e. The highest BCUT2D eigenvalue weighted by Gasteiger charge is 2.58. The molecule has 1 fully saturated rings. The minimum atomic E-state index is -1.64. The second-order valence-corrected chi connectivity index (χ2v) is 9.97. The number of nitrogens with one attached hydrogen (secondary N) is 1. The van der Waals surface area contributed by atoms with Gasteiger partial charge in [0.1, 0.15) is 17.8 Å². The number of benzene rings is 3. The van der Waals surface area contributed by atoms with Crippen LogP contribution in [0.4, 0.5) is 11.4 Å². The van der Waals surface area contributed by atoms with Crippen molar-refractivity contribution < 1.29 is 42.9 Å². The summed E-state index contributed by atoms with van der Waals surface area (Å²) < 4.78 is 27.7. The van der Waals surface area contributed by atoms with Crippen LogP contribution in [0.3, 0.4) is 0 Å². The van der Waals surface area contributed by atoms with E-state index in [4.69, 9.17) is 28.7 Å². The van der Waals surface area contributed by atoms with E-state index in [2.05, 4.69) is 5.32 Å². The Labute approximate surface area is 261 Å². The van der Waals surface area contributed by atoms with E-state index in [1.807, 2.05) is 0 Å². The number of methoxy groups -OCH3 is 3. The zero-order valence-corrected chi connectivity index (χ0v) is 25.8. The number of amides is 1. The fourth-order valence-electron chi connectivity index (χ4n) is 5.58. The van der Waals surface area contributed by atoms with E-state index in [9.17, 15) is 19.2 Å². The summed E-state index contributed by atoms with van der Waals surface area (Å²) in [6.45, 7) is 3.17. The van der Waals surface area contributed by atoms with Gasteiger partial charge in [0.25, 0.3) is 0 Å². The average Bonchev–Trinajstić information content (AvgIpc) is 3.04. The zero-order valence-electron chi connectivity index (χ0n) is 25.8. The van der Waals surface area contributed by atoms with Crippen LogP contribution in [0.15, 0.2) is 77.8 Å². The van der Waals surface area contributed by atoms with E-state index in [0.29, 0.717) is 17.1 Å². The number of Topliss-reactive ketones (excluding diaryl/α,β-unsaturated/α-hetero) is 1. The van der Waals surface area contributed by atoms with Crippen molar-refractivity contribution in [3.63, 3.8) is 0 Å². The number of nitrogens with zero attached hydrogens (tertiary/aromatic N) is 1. The van der Waals surface area contributed by atoms with Gasteiger partial charge in [-0.15, -0.1) is 0 Å². The molecule has 11 heteroatoms. The number of carbonyl (C=O) groups excluding carboxylic acids is 4. The summed E-state index contributed by atoms with van der Waals surface area (Å²) in [6, 6.07) is 20.3. The summed E-state index contributed by atoms with van der Waals surface area (Å²) in [7, 11) is 4.25. The van der Waals surface area contributed by atoms with Gasteiger partial charge >= 0.3 is 11.9 Å². The summed E-state index contributed by atoms with van der Waals surface area (Å²) >= 11 is 0. The molecule has 1 amide bonds. The number of esters is 2. The molecule has 0 saturated heterocycles. The molecule has 0 heterocycles. The van der Waals surface area contributed by atoms with E-state index in [0.717, 1.165) is 0 Å². The molecule has 1 N–H and O–H groups in total. The van der Waals surface area contributed by atoms with Crippen molar-refractivity contribution >= 4 is 40.7 Å². The number of carbonyl (C=O) groups is 4. The first-order valence-electron chi connectivity index (χ1n) is 14.5. The van der Waals surface area contributed by atoms with E-state index in [-0.39, 0.29) is 36.0 Å². The number of rotatable bonds is 11. The Kier molecular flexibility index (Phi) is 10.9. The van der Waals surface area contributed by atoms with Gasteiger partial charge in [-0.25, -0.2) is 0 Å². The molecule has 0 bridgehead atoms. The topological polar surface area (TPSA) is 139 Å². The highest BCUT2D eigenvalue weighted by atomic mass is 16.5. The number of ether oxygens (including phenoxy) is 5. The van der Waals surface area contributed by atoms with Crippen molar-refractivity contribution in [3.8, 4) is 17.2 Å². The molecule has 4 atom stereocenters. The maximum Gasteiger partial charge on any atom is 0.317 e. The quantitative estimate of drug-likeness (QED) is 0.239. The zero-order chi connectivity index (χ0) is 32.5. The second-order valence-electron chi connectivity index (χ2n) is 9.97. The van der Waals surface area contributed by atoms with Gasteiger partial charge in [-0.3, -0.25) is 24.2 Å². The minimum absolute atomic E-state index is 0.0113. The molecule has 0 aliphatic heterocycles. The lowest BCUT2D eigenvalue weighted by Crippen LogP contribution is -2.55. The lowest BCUT2D eigenvalue weighted by molar-refractivity contribution is -0.156. The lowest BCUT2D eigenvalue weighted by atomic mass is 9.62. The third-order valence-corrected chi connectivity index (χ3v) is 7.42. The van der Waals surface area contributed by atoms with E-state index >= 15 is 0 Å². The molecule has 3 aromatic carbocycles. The summed E-state index contributed by atoms with van der Waals surface area (Å²) in [5.74, 6) is -8.53. The fraction of sp³-hybridized carbons (Fsp3) is 0.324. The van der Waals surface area contributed by atoms with Crippen molar-refractivity contribution in [2.75, 3.05) is 39.9 Å². The molecule has 1 aliphatic rings. The van der Waals surface area contributed by atoms with Crippen LogP contribution >= 0.6 is 0 Å². The van der Waals surface area contributed by atoms with Crippen LogP contribution in [-0.4, -0.2) is 63.9 Å². The minimum Gasteiger partial charge on any atom is -0.493 e. The normalized spacial score (nSPS) is 20.2. The van der Waals surface area contributed by atoms with Gasteiger partial charge in [-0.05, 0) is 44.2 Å². The van der Waals surface area contributed by atoms with Crippen molar-refractivity contribution in [1.82, 2.24) is 0 Å². The summed E-state index contributed by atoms with van der Waals surface area (Å²) in [4.78, 5) is 61.0. The third kappa shape index (κ3) is 6.82. The van der Waals surface area contributed by atoms with Crippen LogP contribution < -0.4 is 19.5 Å². The third-order valence-electron chi connectivity index (χ3n) is 7.42. The van der Waals surface area contributed by atoms with E-state index in [1.54, 1.807) is 86.6 Å². The highest BCUT2D eigenvalue weighted by molar-refractivity contribution is 6.32. The highest BCUT2D eigenvalue weighted by Crippen LogP contribution is 2.50. The SMILES string of the molecule is CCOC(=O)C1C(=O)C(C(=O)Nc2ccccc2)C(=Nc2ccccc2)C(C(=O)OCC)C1c1ccc(OC)c(OC)c1OC. The average molecular weight is 617 g/mol. The fourth-order valence-corrected chi connectivity index (χ4v) is 5.58. The molecule has 0 radical (unpaired) electrons. The molecule has 0 aromatic heterocycles. The Morgan fingerprint density at radius 2 is 1.31 bits per heavy atom. The number of ketones is 1. The number of hydrogen-bond donors (Lipinski definition) is 1. The van der Waals surface area contributed by atoms with Gasteiger partial charge in [0.15, 0.2) is 17.3 Å². The smallest absolute Gasteiger partial charge is 0.317 e. The van der Waals surface area contributed by atoms with Crippen LogP contribution in [0.25, 0.3) is 0 Å². The summed E-state index contributed by atoms with van der Waals surface area (Å²) in [5.41, 5.74) is 0.987. The standard InChI is InChI=1S/C34H36N2O9/c1-6-44-33(39)25-24(22-18-19-23(41-3)31(43-5)30(22)42-4)26(34(40)45-7-2)29(37)27(28(25)35-20-14-10-8-11-15-20)32(38)36-21-16-12-9-13-17-21/h8-19,24-27H,6-7H2,1-5H3,(H,36,38). The molecule has 1 saturated carbocycles. The van der Waals surface area contributed by atoms with Gasteiger partial charge in [-0.2, -0.15) is 0 Å². The van der Waals surface area contributed by atoms with Gasteiger partial charge in [-0.1, -0.05) is 42.5 Å². The number of hydrogen-bond acceptors (Lipinski definition) is 10. The van der Waals surface area contributed by atoms with Gasteiger partial charge in [0.2, 0.25) is 11.7 Å². The van der Waals surface area contributed by atoms with Gasteiger partial charge in [0, 0.05) is 17.2 Å². The molecule has 11 nitrogen and oxygen atoms in total. The Morgan fingerprint density at radius 1 is 0.733 bits per heavy atom. The molecular weight excluding hydrogens is 580 g/mol. The molecule has 4 rings (SSSR count). The van der Waals surface area contributed by atoms with E-state index in [1.165, 1.54) is 21.3 Å². The predicted octanol–water partition coefficient (Wildman–Crippen LogP) is 4.76. The Hall–Kier alpha value is -5.19. The Bertz CT molecular complexity index is 1560. The van der Waals surface area contributed by atoms with Crippen molar-refractivity contribution in [2.24, 2.45) is 22.7 Å². The molecule has 1 aliphatic carbocycles. The van der Waals surface area contributed by atoms with Crippen LogP contribution in [-0.2, 0) is 28.7 Å². The monoisotopic (exact) mass is 616 g/mol. The molecule has 236 valence electrons. The first kappa shape index (κ1) is 32.7. The number of aliphatic imine (C=N–C) groups is 1. The first-order valence-corrected chi connectivity index (χ1v) is 14.5. The van der Waals surface area contributed by atoms with Crippen LogP contribution in [0.2, 0.25) is 0 Å². The second kappa shape index (κ2) is 15.0. The lowest BCUT2D eigenvalue weighted by Gasteiger charge is -2.39. The molecular formula is C34H36N2O9. The first-order chi connectivity index (χ1) is 21.8. The summed E-state index contributed by atoms with van der Waals surface area (Å²) in [5, 5.41) is 2.75. The van der Waals surface area contributed by atoms with Gasteiger partial charge in [0.05, 0.1) is 45.9 Å². The molecule has 0 spiro atoms. The van der Waals surface area contributed by atoms with Crippen molar-refractivity contribution in [2.45, 2.75) is 19.8 Å². The van der Waals surface area contributed by atoms with Crippen LogP contribution in [0, 0.1) is 17.8 Å². The summed E-state index contributed by atoms with van der Waals surface area (Å²) in [6.07, 6.45) is 0. The van der Waals surface area contributed by atoms with Crippen LogP contribution in [0.5, 0.6) is 17.2 Å². The number of para-hydroxylation sites is 2. The van der Waals surface area contributed by atoms with Crippen LogP contribution in [0.1, 0.15) is 25.3 Å². The van der Waals surface area contributed by atoms with Crippen molar-refractivity contribution in [3.05, 3.63) is 78.4 Å². The maximum atomic E-state index is 14.6. The number of anilines is 1. The Balaban J connectivity index is 2.05. The maximum absolute atomic E-state index is 14.6. The van der Waals surface area contributed by atoms with Gasteiger partial charge < -0.3 is 29.0 Å². The molecule has 3 aromatic rings.